The summed E-state index contributed by atoms with van der Waals surface area (Å²) in [6.45, 7) is 1.38. The molecule has 0 aliphatic carbocycles. The summed E-state index contributed by atoms with van der Waals surface area (Å²) in [4.78, 5) is 19.1. The van der Waals surface area contributed by atoms with Gasteiger partial charge in [0.05, 0.1) is 23.9 Å². The first-order chi connectivity index (χ1) is 14.7. The molecule has 5 rings (SSSR count). The molecular weight excluding hydrogens is 384 g/mol. The van der Waals surface area contributed by atoms with E-state index in [0.29, 0.717) is 43.2 Å². The Hall–Kier alpha value is -3.64. The molecule has 1 aromatic carbocycles. The third kappa shape index (κ3) is 3.11. The summed E-state index contributed by atoms with van der Waals surface area (Å²) in [6, 6.07) is 9.42. The number of benzene rings is 1. The number of ether oxygens (including phenoxy) is 2. The van der Waals surface area contributed by atoms with Gasteiger partial charge in [0.25, 0.3) is 5.91 Å². The van der Waals surface area contributed by atoms with Crippen LogP contribution in [0.4, 0.5) is 5.69 Å². The lowest BCUT2D eigenvalue weighted by Crippen LogP contribution is -2.41. The SMILES string of the molecule is CO[C@@H]1C[C@H]2COc3ccn4ncc(c4n3)-c3cc(C#N)cc(c3)NCCN2C1=O. The monoisotopic (exact) mass is 404 g/mol. The molecule has 4 bridgehead atoms. The molecule has 4 heterocycles. The Morgan fingerprint density at radius 2 is 2.27 bits per heavy atom. The number of nitriles is 1. The molecule has 1 fully saturated rings. The first-order valence-electron chi connectivity index (χ1n) is 9.76. The summed E-state index contributed by atoms with van der Waals surface area (Å²) in [6.07, 6.45) is 3.64. The highest BCUT2D eigenvalue weighted by Gasteiger charge is 2.39. The van der Waals surface area contributed by atoms with Gasteiger partial charge in [0.2, 0.25) is 5.88 Å². The number of methoxy groups -OCH3 is 1. The van der Waals surface area contributed by atoms with E-state index in [1.54, 1.807) is 41.1 Å². The summed E-state index contributed by atoms with van der Waals surface area (Å²) in [5.41, 5.74) is 3.63. The van der Waals surface area contributed by atoms with Gasteiger partial charge >= 0.3 is 0 Å². The zero-order valence-electron chi connectivity index (χ0n) is 16.4. The molecule has 2 aromatic heterocycles. The topological polar surface area (TPSA) is 105 Å². The molecule has 0 radical (unpaired) electrons. The van der Waals surface area contributed by atoms with Crippen LogP contribution in [0.2, 0.25) is 0 Å². The average Bonchev–Trinajstić information content (AvgIpc) is 3.32. The molecule has 0 saturated carbocycles. The summed E-state index contributed by atoms with van der Waals surface area (Å²) in [7, 11) is 1.55. The minimum atomic E-state index is -0.459. The van der Waals surface area contributed by atoms with Crippen LogP contribution >= 0.6 is 0 Å². The number of hydrogen-bond donors (Lipinski definition) is 1. The fraction of sp³-hybridized carbons (Fsp3) is 0.333. The smallest absolute Gasteiger partial charge is 0.252 e. The molecule has 0 unspecified atom stereocenters. The van der Waals surface area contributed by atoms with Crippen molar-refractivity contribution in [2.75, 3.05) is 32.1 Å². The van der Waals surface area contributed by atoms with E-state index in [1.165, 1.54) is 0 Å². The van der Waals surface area contributed by atoms with Gasteiger partial charge in [-0.2, -0.15) is 15.3 Å². The van der Waals surface area contributed by atoms with Gasteiger partial charge in [-0.05, 0) is 23.8 Å². The molecule has 2 aliphatic heterocycles. The van der Waals surface area contributed by atoms with Crippen molar-refractivity contribution in [3.8, 4) is 23.1 Å². The van der Waals surface area contributed by atoms with Gasteiger partial charge in [0.15, 0.2) is 5.65 Å². The predicted molar refractivity (Wildman–Crippen MR) is 108 cm³/mol. The van der Waals surface area contributed by atoms with Crippen molar-refractivity contribution < 1.29 is 14.3 Å². The molecule has 152 valence electrons. The zero-order valence-corrected chi connectivity index (χ0v) is 16.4. The lowest BCUT2D eigenvalue weighted by atomic mass is 10.0. The van der Waals surface area contributed by atoms with E-state index in [0.717, 1.165) is 16.8 Å². The van der Waals surface area contributed by atoms with E-state index in [-0.39, 0.29) is 11.9 Å². The normalized spacial score (nSPS) is 20.9. The molecule has 2 aliphatic rings. The number of carbonyl (C=O) groups is 1. The number of anilines is 1. The maximum absolute atomic E-state index is 12.7. The lowest BCUT2D eigenvalue weighted by Gasteiger charge is -2.25. The Bertz CT molecular complexity index is 1170. The summed E-state index contributed by atoms with van der Waals surface area (Å²) < 4.78 is 13.0. The van der Waals surface area contributed by atoms with Gasteiger partial charge < -0.3 is 19.7 Å². The second-order valence-electron chi connectivity index (χ2n) is 7.39. The largest absolute Gasteiger partial charge is 0.475 e. The van der Waals surface area contributed by atoms with Gasteiger partial charge in [0.1, 0.15) is 12.7 Å². The zero-order chi connectivity index (χ0) is 20.7. The predicted octanol–water partition coefficient (Wildman–Crippen LogP) is 1.69. The summed E-state index contributed by atoms with van der Waals surface area (Å²) in [5.74, 6) is 0.428. The fourth-order valence-corrected chi connectivity index (χ4v) is 4.08. The van der Waals surface area contributed by atoms with Gasteiger partial charge in [-0.1, -0.05) is 0 Å². The fourth-order valence-electron chi connectivity index (χ4n) is 4.08. The molecule has 9 nitrogen and oxygen atoms in total. The highest BCUT2D eigenvalue weighted by atomic mass is 16.5. The van der Waals surface area contributed by atoms with Crippen LogP contribution in [0, 0.1) is 11.3 Å². The summed E-state index contributed by atoms with van der Waals surface area (Å²) in [5, 5.41) is 17.2. The van der Waals surface area contributed by atoms with Crippen molar-refractivity contribution in [3.63, 3.8) is 0 Å². The molecule has 0 spiro atoms. The van der Waals surface area contributed by atoms with Gasteiger partial charge in [-0.15, -0.1) is 0 Å². The Labute approximate surface area is 172 Å². The number of fused-ring (bicyclic) bond motifs is 5. The van der Waals surface area contributed by atoms with Crippen molar-refractivity contribution in [3.05, 3.63) is 42.2 Å². The van der Waals surface area contributed by atoms with Crippen LogP contribution in [0.25, 0.3) is 16.8 Å². The van der Waals surface area contributed by atoms with E-state index < -0.39 is 6.10 Å². The Kier molecular flexibility index (Phi) is 4.48. The molecule has 2 atom stereocenters. The van der Waals surface area contributed by atoms with Crippen molar-refractivity contribution >= 4 is 17.2 Å². The maximum atomic E-state index is 12.7. The molecule has 3 aromatic rings. The van der Waals surface area contributed by atoms with Crippen LogP contribution in [0.5, 0.6) is 5.88 Å². The van der Waals surface area contributed by atoms with E-state index in [9.17, 15) is 10.1 Å². The van der Waals surface area contributed by atoms with E-state index in [1.807, 2.05) is 12.1 Å². The lowest BCUT2D eigenvalue weighted by molar-refractivity contribution is -0.136. The molecule has 1 N–H and O–H groups in total. The third-order valence-corrected chi connectivity index (χ3v) is 5.59. The molecule has 1 saturated heterocycles. The van der Waals surface area contributed by atoms with Crippen LogP contribution in [0.15, 0.2) is 36.7 Å². The third-order valence-electron chi connectivity index (χ3n) is 5.59. The van der Waals surface area contributed by atoms with Crippen molar-refractivity contribution in [2.24, 2.45) is 0 Å². The Balaban J connectivity index is 1.59. The summed E-state index contributed by atoms with van der Waals surface area (Å²) >= 11 is 0. The first kappa shape index (κ1) is 18.4. The Morgan fingerprint density at radius 3 is 3.10 bits per heavy atom. The van der Waals surface area contributed by atoms with Crippen LogP contribution < -0.4 is 10.1 Å². The molecule has 30 heavy (non-hydrogen) atoms. The molecule has 1 amide bonds. The molecule has 9 heteroatoms. The average molecular weight is 404 g/mol. The quantitative estimate of drug-likeness (QED) is 0.658. The van der Waals surface area contributed by atoms with Gasteiger partial charge in [-0.25, -0.2) is 4.52 Å². The number of hydrogen-bond acceptors (Lipinski definition) is 7. The van der Waals surface area contributed by atoms with Gasteiger partial charge in [0, 0.05) is 50.1 Å². The van der Waals surface area contributed by atoms with Crippen molar-refractivity contribution in [2.45, 2.75) is 18.6 Å². The second kappa shape index (κ2) is 7.31. The van der Waals surface area contributed by atoms with Crippen LogP contribution in [-0.2, 0) is 9.53 Å². The van der Waals surface area contributed by atoms with Crippen LogP contribution in [-0.4, -0.2) is 64.4 Å². The number of nitrogens with one attached hydrogen (secondary N) is 1. The number of aromatic nitrogens is 3. The number of carbonyl (C=O) groups excluding carboxylic acids is 1. The van der Waals surface area contributed by atoms with Gasteiger partial charge in [-0.3, -0.25) is 4.79 Å². The highest BCUT2D eigenvalue weighted by Crippen LogP contribution is 2.29. The number of rotatable bonds is 1. The van der Waals surface area contributed by atoms with Crippen molar-refractivity contribution in [1.82, 2.24) is 19.5 Å². The maximum Gasteiger partial charge on any atom is 0.252 e. The minimum absolute atomic E-state index is 0.0343. The number of nitrogens with zero attached hydrogens (tertiary/aromatic N) is 5. The molecular formula is C21H20N6O3. The standard InChI is InChI=1S/C21H20N6O3/c1-29-18-9-16-12-30-19-2-4-27-20(25-19)17(11-24-27)14-6-13(10-22)7-15(8-14)23-3-5-26(16)21(18)28/h2,4,6-8,11,16,18,23H,3,5,9,12H2,1H3/t16-,18+/m0/s1. The Morgan fingerprint density at radius 1 is 1.37 bits per heavy atom. The van der Waals surface area contributed by atoms with E-state index in [4.69, 9.17) is 9.47 Å². The number of amides is 1. The minimum Gasteiger partial charge on any atom is -0.475 e. The highest BCUT2D eigenvalue weighted by molar-refractivity contribution is 5.84. The second-order valence-corrected chi connectivity index (χ2v) is 7.39. The van der Waals surface area contributed by atoms with Crippen molar-refractivity contribution in [1.29, 1.82) is 5.26 Å². The van der Waals surface area contributed by atoms with Crippen LogP contribution in [0.3, 0.4) is 0 Å². The van der Waals surface area contributed by atoms with Crippen LogP contribution in [0.1, 0.15) is 12.0 Å². The van der Waals surface area contributed by atoms with E-state index >= 15 is 0 Å². The van der Waals surface area contributed by atoms with E-state index in [2.05, 4.69) is 21.5 Å². The first-order valence-corrected chi connectivity index (χ1v) is 9.76.